The third kappa shape index (κ3) is 4.59. The summed E-state index contributed by atoms with van der Waals surface area (Å²) in [4.78, 5) is 21.6. The van der Waals surface area contributed by atoms with Crippen LogP contribution in [0.25, 0.3) is 43.7 Å². The quantitative estimate of drug-likeness (QED) is 0.149. The van der Waals surface area contributed by atoms with E-state index in [9.17, 15) is 0 Å². The number of para-hydroxylation sites is 1. The van der Waals surface area contributed by atoms with Crippen LogP contribution in [0.15, 0.2) is 173 Å². The molecule has 10 rings (SSSR count). The maximum atomic E-state index is 5.47. The molecule has 0 amide bonds. The minimum atomic E-state index is -0.106. The van der Waals surface area contributed by atoms with Gasteiger partial charge in [-0.2, -0.15) is 4.99 Å². The van der Waals surface area contributed by atoms with Gasteiger partial charge in [-0.25, -0.2) is 9.98 Å². The lowest BCUT2D eigenvalue weighted by atomic mass is 9.75. The third-order valence-electron chi connectivity index (χ3n) is 10.6. The predicted octanol–water partition coefficient (Wildman–Crippen LogP) is 10.9. The summed E-state index contributed by atoms with van der Waals surface area (Å²) in [5, 5.41) is 5.97. The number of benzene rings is 7. The summed E-state index contributed by atoms with van der Waals surface area (Å²) in [5.41, 5.74) is 10.5. The van der Waals surface area contributed by atoms with Crippen molar-refractivity contribution >= 4 is 56.6 Å². The molecule has 0 radical (unpaired) electrons. The fourth-order valence-corrected chi connectivity index (χ4v) is 8.41. The van der Waals surface area contributed by atoms with Gasteiger partial charge >= 0.3 is 0 Å². The molecule has 0 fully saturated rings. The number of guanidine groups is 1. The molecule has 0 spiro atoms. The second kappa shape index (κ2) is 11.8. The van der Waals surface area contributed by atoms with Crippen LogP contribution in [0.5, 0.6) is 0 Å². The molecule has 0 saturated carbocycles. The average Bonchev–Trinajstić information content (AvgIpc) is 3.75. The molecule has 1 aromatic heterocycles. The van der Waals surface area contributed by atoms with Crippen LogP contribution in [0.1, 0.15) is 39.8 Å². The molecular formula is C46H33N5. The Hall–Kier alpha value is -6.59. The van der Waals surface area contributed by atoms with E-state index in [1.807, 2.05) is 30.3 Å². The highest BCUT2D eigenvalue weighted by Gasteiger charge is 2.48. The molecular weight excluding hydrogens is 623 g/mol. The Morgan fingerprint density at radius 3 is 2.16 bits per heavy atom. The van der Waals surface area contributed by atoms with Gasteiger partial charge in [-0.3, -0.25) is 0 Å². The smallest absolute Gasteiger partial charge is 0.228 e. The molecule has 0 bridgehead atoms. The van der Waals surface area contributed by atoms with Crippen LogP contribution in [0.3, 0.4) is 0 Å². The summed E-state index contributed by atoms with van der Waals surface area (Å²) in [5.74, 6) is 1.17. The number of nitrogens with one attached hydrogen (secondary N) is 1. The van der Waals surface area contributed by atoms with Gasteiger partial charge in [0.1, 0.15) is 0 Å². The second-order valence-electron chi connectivity index (χ2n) is 13.3. The summed E-state index contributed by atoms with van der Waals surface area (Å²) in [7, 11) is 0. The molecule has 8 aromatic rings. The highest BCUT2D eigenvalue weighted by Crippen LogP contribution is 2.61. The number of fused-ring (bicyclic) bond motifs is 13. The Morgan fingerprint density at radius 1 is 0.627 bits per heavy atom. The summed E-state index contributed by atoms with van der Waals surface area (Å²) < 4.78 is 0. The van der Waals surface area contributed by atoms with Gasteiger partial charge < -0.3 is 9.88 Å². The summed E-state index contributed by atoms with van der Waals surface area (Å²) >= 11 is 0. The second-order valence-corrected chi connectivity index (χ2v) is 13.3. The van der Waals surface area contributed by atoms with Gasteiger partial charge in [-0.15, -0.1) is 0 Å². The molecule has 1 N–H and O–H groups in total. The van der Waals surface area contributed by atoms with E-state index in [4.69, 9.17) is 9.98 Å². The fraction of sp³-hybridized carbons (Fsp3) is 0.0652. The van der Waals surface area contributed by atoms with Gasteiger partial charge in [-0.1, -0.05) is 152 Å². The molecule has 1 aliphatic carbocycles. The summed E-state index contributed by atoms with van der Waals surface area (Å²) in [6.45, 7) is 4.44. The molecule has 51 heavy (non-hydrogen) atoms. The van der Waals surface area contributed by atoms with Crippen molar-refractivity contribution in [2.45, 2.75) is 18.5 Å². The van der Waals surface area contributed by atoms with E-state index in [2.05, 4.69) is 149 Å². The van der Waals surface area contributed by atoms with Crippen molar-refractivity contribution in [2.75, 3.05) is 4.90 Å². The molecule has 242 valence electrons. The standard InChI is InChI=1S/C46H33N5/c1-47-45(31-16-3-2-4-17-31)50-46(48-28-32-19-13-18-29-14-5-7-20-33(29)32)51-43-34-21-8-6-15-30(34)26-27-38(43)41-40-37-24-11-12-25-39(37)49-42(40)35-22-9-10-23-36(35)44(41)51/h2-27,41,44,49H,1,28H2/b48-46?,50-45-. The van der Waals surface area contributed by atoms with Crippen molar-refractivity contribution in [3.63, 3.8) is 0 Å². The van der Waals surface area contributed by atoms with Gasteiger partial charge in [0.25, 0.3) is 0 Å². The first-order chi connectivity index (χ1) is 25.3. The monoisotopic (exact) mass is 655 g/mol. The zero-order valence-corrected chi connectivity index (χ0v) is 27.9. The molecule has 2 heterocycles. The molecule has 2 atom stereocenters. The van der Waals surface area contributed by atoms with Crippen molar-refractivity contribution in [1.82, 2.24) is 4.98 Å². The SMILES string of the molecule is C=N/C(=N\C(=NCc1cccc2ccccc12)N1c2c(ccc3ccccc23)C2c3c([nH]c4ccccc34)-c3ccccc3C21)c1ccccc1. The lowest BCUT2D eigenvalue weighted by Crippen LogP contribution is -2.35. The van der Waals surface area contributed by atoms with E-state index in [1.165, 1.54) is 54.9 Å². The van der Waals surface area contributed by atoms with Gasteiger partial charge in [0.15, 0.2) is 5.84 Å². The minimum absolute atomic E-state index is 0.0282. The number of anilines is 1. The fourth-order valence-electron chi connectivity index (χ4n) is 8.41. The molecule has 2 aliphatic rings. The zero-order chi connectivity index (χ0) is 33.9. The number of amidine groups is 1. The Labute approximate surface area is 296 Å². The van der Waals surface area contributed by atoms with E-state index < -0.39 is 0 Å². The Balaban J connectivity index is 1.28. The van der Waals surface area contributed by atoms with Crippen LogP contribution >= 0.6 is 0 Å². The predicted molar refractivity (Wildman–Crippen MR) is 212 cm³/mol. The first-order valence-corrected chi connectivity index (χ1v) is 17.4. The van der Waals surface area contributed by atoms with Crippen LogP contribution < -0.4 is 4.90 Å². The molecule has 5 heteroatoms. The van der Waals surface area contributed by atoms with Crippen LogP contribution in [0, 0.1) is 0 Å². The Bertz CT molecular complexity index is 2710. The van der Waals surface area contributed by atoms with Crippen LogP contribution in [0.4, 0.5) is 5.69 Å². The van der Waals surface area contributed by atoms with Crippen LogP contribution in [0.2, 0.25) is 0 Å². The number of H-pyrrole nitrogens is 1. The van der Waals surface area contributed by atoms with Crippen molar-refractivity contribution in [3.8, 4) is 11.3 Å². The lowest BCUT2D eigenvalue weighted by molar-refractivity contribution is 0.659. The van der Waals surface area contributed by atoms with E-state index in [0.717, 1.165) is 22.3 Å². The largest absolute Gasteiger partial charge is 0.354 e. The average molecular weight is 656 g/mol. The number of aromatic nitrogens is 1. The maximum absolute atomic E-state index is 5.47. The third-order valence-corrected chi connectivity index (χ3v) is 10.6. The van der Waals surface area contributed by atoms with E-state index >= 15 is 0 Å². The number of hydrogen-bond donors (Lipinski definition) is 1. The summed E-state index contributed by atoms with van der Waals surface area (Å²) in [6, 6.07) is 55.7. The van der Waals surface area contributed by atoms with Gasteiger partial charge in [-0.05, 0) is 51.2 Å². The normalized spacial score (nSPS) is 16.6. The zero-order valence-electron chi connectivity index (χ0n) is 27.9. The topological polar surface area (TPSA) is 56.1 Å². The molecule has 0 saturated heterocycles. The number of rotatable bonds is 3. The van der Waals surface area contributed by atoms with Crippen molar-refractivity contribution in [2.24, 2.45) is 15.0 Å². The van der Waals surface area contributed by atoms with E-state index in [1.54, 1.807) is 0 Å². The molecule has 1 aliphatic heterocycles. The highest BCUT2D eigenvalue weighted by atomic mass is 15.3. The lowest BCUT2D eigenvalue weighted by Gasteiger charge is -2.35. The van der Waals surface area contributed by atoms with Crippen molar-refractivity contribution < 1.29 is 0 Å². The van der Waals surface area contributed by atoms with Gasteiger partial charge in [0.2, 0.25) is 5.96 Å². The van der Waals surface area contributed by atoms with Gasteiger partial charge in [0, 0.05) is 33.3 Å². The van der Waals surface area contributed by atoms with Crippen molar-refractivity contribution in [1.29, 1.82) is 0 Å². The number of aliphatic imine (C=N–C) groups is 3. The molecule has 5 nitrogen and oxygen atoms in total. The van der Waals surface area contributed by atoms with E-state index in [-0.39, 0.29) is 12.0 Å². The van der Waals surface area contributed by atoms with Crippen molar-refractivity contribution in [3.05, 3.63) is 186 Å². The Morgan fingerprint density at radius 2 is 1.31 bits per heavy atom. The Kier molecular flexibility index (Phi) is 6.78. The number of nitrogens with zero attached hydrogens (tertiary/aromatic N) is 4. The van der Waals surface area contributed by atoms with Gasteiger partial charge in [0.05, 0.1) is 24.0 Å². The minimum Gasteiger partial charge on any atom is -0.354 e. The van der Waals surface area contributed by atoms with E-state index in [0.29, 0.717) is 18.3 Å². The summed E-state index contributed by atoms with van der Waals surface area (Å²) in [6.07, 6.45) is 0. The first-order valence-electron chi connectivity index (χ1n) is 17.4. The van der Waals surface area contributed by atoms with Crippen LogP contribution in [-0.2, 0) is 6.54 Å². The van der Waals surface area contributed by atoms with Crippen LogP contribution in [-0.4, -0.2) is 23.5 Å². The number of aromatic amines is 1. The first kappa shape index (κ1) is 29.3. The molecule has 2 unspecified atom stereocenters. The number of hydrogen-bond acceptors (Lipinski definition) is 1. The maximum Gasteiger partial charge on any atom is 0.228 e. The molecule has 7 aromatic carbocycles. The highest BCUT2D eigenvalue weighted by molar-refractivity contribution is 6.16.